The molecule has 0 N–H and O–H groups in total. The summed E-state index contributed by atoms with van der Waals surface area (Å²) in [5.41, 5.74) is 2.74. The Hall–Kier alpha value is -0.870. The molecular weight excluding hydrogens is 260 g/mol. The van der Waals surface area contributed by atoms with E-state index in [0.29, 0.717) is 13.1 Å². The second kappa shape index (κ2) is 7.65. The van der Waals surface area contributed by atoms with Gasteiger partial charge in [0.1, 0.15) is 0 Å². The van der Waals surface area contributed by atoms with Crippen LogP contribution in [-0.2, 0) is 10.2 Å². The van der Waals surface area contributed by atoms with Gasteiger partial charge in [-0.1, -0.05) is 12.7 Å². The normalized spacial score (nSPS) is 20.9. The van der Waals surface area contributed by atoms with Crippen molar-refractivity contribution in [2.24, 2.45) is 0 Å². The third-order valence-corrected chi connectivity index (χ3v) is 5.51. The minimum absolute atomic E-state index is 0.0690. The first-order valence-corrected chi connectivity index (χ1v) is 8.12. The molecule has 0 bridgehead atoms. The number of rotatable bonds is 8. The molecule has 1 fully saturated rings. The minimum Gasteiger partial charge on any atom is -0.195 e. The Morgan fingerprint density at radius 3 is 2.58 bits per heavy atom. The molecule has 1 saturated heterocycles. The molecule has 1 heterocycles. The highest BCUT2D eigenvalue weighted by Gasteiger charge is 2.37. The Bertz CT molecular complexity index is 438. The van der Waals surface area contributed by atoms with Gasteiger partial charge in [-0.3, -0.25) is 0 Å². The predicted octanol–water partition coefficient (Wildman–Crippen LogP) is 2.32. The van der Waals surface area contributed by atoms with Gasteiger partial charge in [-0.25, -0.2) is 0 Å². The number of hydrogen-bond acceptors (Lipinski definition) is 2. The second-order valence-electron chi connectivity index (χ2n) is 4.80. The Kier molecular flexibility index (Phi) is 6.52. The number of hydrogen-bond donors (Lipinski definition) is 0. The highest BCUT2D eigenvalue weighted by molar-refractivity contribution is 7.87. The quantitative estimate of drug-likeness (QED) is 0.390. The summed E-state index contributed by atoms with van der Waals surface area (Å²) in [6.45, 7) is 8.42. The molecule has 108 valence electrons. The number of unbranched alkanes of at least 4 members (excludes halogenated alkanes) is 1. The molecule has 0 aliphatic carbocycles. The first kappa shape index (κ1) is 16.2. The van der Waals surface area contributed by atoms with E-state index in [-0.39, 0.29) is 6.04 Å². The summed E-state index contributed by atoms with van der Waals surface area (Å²) in [6, 6.07) is 0.0690. The Balaban J connectivity index is 2.71. The molecule has 1 unspecified atom stereocenters. The minimum atomic E-state index is -3.25. The lowest BCUT2D eigenvalue weighted by molar-refractivity contribution is 0.309. The zero-order chi connectivity index (χ0) is 14.3. The van der Waals surface area contributed by atoms with Gasteiger partial charge >= 0.3 is 0 Å². The van der Waals surface area contributed by atoms with Gasteiger partial charge in [-0.15, -0.1) is 12.3 Å². The van der Waals surface area contributed by atoms with Crippen LogP contribution in [0.25, 0.3) is 0 Å². The lowest BCUT2D eigenvalue weighted by Gasteiger charge is -2.26. The van der Waals surface area contributed by atoms with Crippen LogP contribution in [0.1, 0.15) is 32.1 Å². The summed E-state index contributed by atoms with van der Waals surface area (Å²) in [5.74, 6) is 0. The van der Waals surface area contributed by atoms with Crippen molar-refractivity contribution in [3.63, 3.8) is 0 Å². The standard InChI is InChI=1S/C14H24N2O2S/c1-4-6-8-10-14(11-9-7-5-2)16-13-12-15(3)19(16,17)18/h4,7,14H,1-2,6,8-13H2,3H3. The predicted molar refractivity (Wildman–Crippen MR) is 79.0 cm³/mol. The van der Waals surface area contributed by atoms with Gasteiger partial charge in [-0.2, -0.15) is 17.0 Å². The molecule has 1 rings (SSSR count). The van der Waals surface area contributed by atoms with E-state index in [0.717, 1.165) is 32.1 Å². The van der Waals surface area contributed by atoms with Crippen molar-refractivity contribution >= 4 is 10.2 Å². The molecule has 19 heavy (non-hydrogen) atoms. The Morgan fingerprint density at radius 2 is 2.05 bits per heavy atom. The van der Waals surface area contributed by atoms with Crippen LogP contribution >= 0.6 is 0 Å². The maximum absolute atomic E-state index is 12.2. The van der Waals surface area contributed by atoms with Crippen LogP contribution in [0.2, 0.25) is 0 Å². The molecule has 0 spiro atoms. The Morgan fingerprint density at radius 1 is 1.32 bits per heavy atom. The van der Waals surface area contributed by atoms with Gasteiger partial charge in [0.25, 0.3) is 10.2 Å². The highest BCUT2D eigenvalue weighted by Crippen LogP contribution is 2.24. The average molecular weight is 284 g/mol. The van der Waals surface area contributed by atoms with E-state index in [1.807, 2.05) is 12.2 Å². The topological polar surface area (TPSA) is 40.6 Å². The van der Waals surface area contributed by atoms with Crippen LogP contribution in [0.15, 0.2) is 31.0 Å². The summed E-state index contributed by atoms with van der Waals surface area (Å²) in [4.78, 5) is 0. The number of allylic oxidation sites excluding steroid dienone is 2. The first-order chi connectivity index (χ1) is 9.04. The maximum atomic E-state index is 12.2. The summed E-state index contributed by atoms with van der Waals surface area (Å²) < 4.78 is 27.5. The van der Waals surface area contributed by atoms with E-state index in [9.17, 15) is 8.42 Å². The van der Waals surface area contributed by atoms with Crippen molar-refractivity contribution in [3.8, 4) is 0 Å². The van der Waals surface area contributed by atoms with Crippen molar-refractivity contribution in [1.29, 1.82) is 0 Å². The smallest absolute Gasteiger partial charge is 0.195 e. The monoisotopic (exact) mass is 284 g/mol. The van der Waals surface area contributed by atoms with Gasteiger partial charge in [0.05, 0.1) is 0 Å². The second-order valence-corrected chi connectivity index (χ2v) is 6.79. The van der Waals surface area contributed by atoms with Gasteiger partial charge in [-0.05, 0) is 38.2 Å². The third kappa shape index (κ3) is 4.32. The largest absolute Gasteiger partial charge is 0.282 e. The number of likely N-dealkylation sites (N-methyl/N-ethyl adjacent to an activating group) is 1. The van der Waals surface area contributed by atoms with Crippen LogP contribution in [-0.4, -0.2) is 43.2 Å². The molecule has 5 heteroatoms. The lowest BCUT2D eigenvalue weighted by atomic mass is 10.0. The molecule has 1 atom stereocenters. The highest BCUT2D eigenvalue weighted by atomic mass is 32.2. The SMILES string of the molecule is C=C=CCCC(CCCC=C)N1CCN(C)S1(=O)=O. The molecule has 0 aromatic rings. The van der Waals surface area contributed by atoms with Crippen LogP contribution in [0.3, 0.4) is 0 Å². The van der Waals surface area contributed by atoms with Crippen molar-refractivity contribution in [3.05, 3.63) is 31.0 Å². The first-order valence-electron chi connectivity index (χ1n) is 6.72. The lowest BCUT2D eigenvalue weighted by Crippen LogP contribution is -2.39. The fourth-order valence-corrected chi connectivity index (χ4v) is 3.90. The van der Waals surface area contributed by atoms with E-state index in [4.69, 9.17) is 0 Å². The number of nitrogens with zero attached hydrogens (tertiary/aromatic N) is 2. The zero-order valence-electron chi connectivity index (χ0n) is 11.7. The van der Waals surface area contributed by atoms with Crippen molar-refractivity contribution in [2.75, 3.05) is 20.1 Å². The zero-order valence-corrected chi connectivity index (χ0v) is 12.5. The van der Waals surface area contributed by atoms with Gasteiger partial charge < -0.3 is 0 Å². The fraction of sp³-hybridized carbons (Fsp3) is 0.643. The summed E-state index contributed by atoms with van der Waals surface area (Å²) in [7, 11) is -1.61. The van der Waals surface area contributed by atoms with Crippen molar-refractivity contribution in [1.82, 2.24) is 8.61 Å². The van der Waals surface area contributed by atoms with Crippen LogP contribution in [0, 0.1) is 0 Å². The van der Waals surface area contributed by atoms with E-state index in [1.54, 1.807) is 11.4 Å². The van der Waals surface area contributed by atoms with Gasteiger partial charge in [0.2, 0.25) is 0 Å². The van der Waals surface area contributed by atoms with Gasteiger partial charge in [0, 0.05) is 26.2 Å². The molecule has 1 aliphatic heterocycles. The summed E-state index contributed by atoms with van der Waals surface area (Å²) in [6.07, 6.45) is 8.17. The van der Waals surface area contributed by atoms with E-state index in [2.05, 4.69) is 18.9 Å². The molecule has 0 aromatic carbocycles. The van der Waals surface area contributed by atoms with Crippen LogP contribution < -0.4 is 0 Å². The molecule has 0 radical (unpaired) electrons. The molecular formula is C14H24N2O2S. The van der Waals surface area contributed by atoms with E-state index in [1.165, 1.54) is 4.31 Å². The molecule has 1 aliphatic rings. The van der Waals surface area contributed by atoms with E-state index < -0.39 is 10.2 Å². The summed E-state index contributed by atoms with van der Waals surface area (Å²) in [5, 5.41) is 0. The third-order valence-electron chi connectivity index (χ3n) is 3.47. The molecule has 0 aromatic heterocycles. The Labute approximate surface area is 117 Å². The molecule has 0 amide bonds. The van der Waals surface area contributed by atoms with E-state index >= 15 is 0 Å². The van der Waals surface area contributed by atoms with Crippen LogP contribution in [0.4, 0.5) is 0 Å². The fourth-order valence-electron chi connectivity index (χ4n) is 2.33. The van der Waals surface area contributed by atoms with Crippen LogP contribution in [0.5, 0.6) is 0 Å². The average Bonchev–Trinajstić information content (AvgIpc) is 2.63. The van der Waals surface area contributed by atoms with Crippen molar-refractivity contribution < 1.29 is 8.42 Å². The maximum Gasteiger partial charge on any atom is 0.282 e. The summed E-state index contributed by atoms with van der Waals surface area (Å²) >= 11 is 0. The van der Waals surface area contributed by atoms with Gasteiger partial charge in [0.15, 0.2) is 0 Å². The van der Waals surface area contributed by atoms with Crippen molar-refractivity contribution in [2.45, 2.75) is 38.1 Å². The molecule has 0 saturated carbocycles. The molecule has 4 nitrogen and oxygen atoms in total.